The predicted octanol–water partition coefficient (Wildman–Crippen LogP) is 3.37. The van der Waals surface area contributed by atoms with E-state index in [-0.39, 0.29) is 5.91 Å². The summed E-state index contributed by atoms with van der Waals surface area (Å²) in [5, 5.41) is 2.99. The summed E-state index contributed by atoms with van der Waals surface area (Å²) in [4.78, 5) is 25.4. The molecule has 3 aromatic rings. The van der Waals surface area contributed by atoms with Gasteiger partial charge in [0.15, 0.2) is 0 Å². The van der Waals surface area contributed by atoms with Crippen molar-refractivity contribution in [2.45, 2.75) is 12.8 Å². The maximum Gasteiger partial charge on any atom is 0.225 e. The minimum atomic E-state index is 0.0399. The number of aromatic nitrogens is 2. The molecule has 4 rings (SSSR count). The summed E-state index contributed by atoms with van der Waals surface area (Å²) in [6, 6.07) is 20.0. The maximum atomic E-state index is 12.2. The van der Waals surface area contributed by atoms with Gasteiger partial charge >= 0.3 is 0 Å². The Morgan fingerprint density at radius 1 is 0.828 bits per heavy atom. The second-order valence-corrected chi connectivity index (χ2v) is 7.10. The number of hydrogen-bond donors (Lipinski definition) is 1. The highest BCUT2D eigenvalue weighted by atomic mass is 16.1. The van der Waals surface area contributed by atoms with Crippen molar-refractivity contribution < 1.29 is 4.79 Å². The fourth-order valence-corrected chi connectivity index (χ4v) is 3.50. The van der Waals surface area contributed by atoms with E-state index >= 15 is 0 Å². The van der Waals surface area contributed by atoms with Crippen molar-refractivity contribution >= 4 is 23.2 Å². The van der Waals surface area contributed by atoms with Gasteiger partial charge in [0.1, 0.15) is 0 Å². The van der Waals surface area contributed by atoms with Crippen LogP contribution in [0, 0.1) is 0 Å². The van der Waals surface area contributed by atoms with Crippen molar-refractivity contribution in [2.75, 3.05) is 41.3 Å². The molecule has 6 nitrogen and oxygen atoms in total. The zero-order valence-corrected chi connectivity index (χ0v) is 16.4. The van der Waals surface area contributed by atoms with Crippen LogP contribution in [0.25, 0.3) is 0 Å². The van der Waals surface area contributed by atoms with E-state index in [1.165, 1.54) is 11.3 Å². The molecule has 6 heteroatoms. The molecule has 148 valence electrons. The van der Waals surface area contributed by atoms with E-state index in [1.807, 2.05) is 48.5 Å². The average Bonchev–Trinajstić information content (AvgIpc) is 2.80. The Kier molecular flexibility index (Phi) is 6.00. The number of hydrogen-bond acceptors (Lipinski definition) is 5. The number of anilines is 3. The molecule has 1 aliphatic rings. The van der Waals surface area contributed by atoms with Gasteiger partial charge in [0.05, 0.1) is 0 Å². The van der Waals surface area contributed by atoms with Crippen molar-refractivity contribution in [3.63, 3.8) is 0 Å². The van der Waals surface area contributed by atoms with Crippen LogP contribution in [0.3, 0.4) is 0 Å². The standard InChI is InChI=1S/C23H25N5O/c29-22(12-7-19-5-2-1-3-6-19)26-20-8-10-21(11-9-20)27-15-17-28(18-16-27)23-24-13-4-14-25-23/h1-6,8-11,13-14H,7,12,15-18H2,(H,26,29). The number of nitrogens with zero attached hydrogens (tertiary/aromatic N) is 4. The smallest absolute Gasteiger partial charge is 0.225 e. The highest BCUT2D eigenvalue weighted by molar-refractivity contribution is 5.91. The third kappa shape index (κ3) is 5.10. The third-order valence-electron chi connectivity index (χ3n) is 5.11. The third-order valence-corrected chi connectivity index (χ3v) is 5.11. The van der Waals surface area contributed by atoms with Gasteiger partial charge in [-0.25, -0.2) is 9.97 Å². The van der Waals surface area contributed by atoms with Gasteiger partial charge in [0, 0.05) is 56.4 Å². The summed E-state index contributed by atoms with van der Waals surface area (Å²) >= 11 is 0. The van der Waals surface area contributed by atoms with Gasteiger partial charge < -0.3 is 15.1 Å². The van der Waals surface area contributed by atoms with Crippen LogP contribution in [0.1, 0.15) is 12.0 Å². The molecule has 1 saturated heterocycles. The van der Waals surface area contributed by atoms with Crippen LogP contribution in [0.5, 0.6) is 0 Å². The largest absolute Gasteiger partial charge is 0.368 e. The lowest BCUT2D eigenvalue weighted by Gasteiger charge is -2.36. The monoisotopic (exact) mass is 387 g/mol. The highest BCUT2D eigenvalue weighted by Crippen LogP contribution is 2.21. The minimum absolute atomic E-state index is 0.0399. The van der Waals surface area contributed by atoms with Crippen molar-refractivity contribution in [3.05, 3.63) is 78.6 Å². The Hall–Kier alpha value is -3.41. The Bertz CT molecular complexity index is 907. The molecule has 0 unspecified atom stereocenters. The van der Waals surface area contributed by atoms with Gasteiger partial charge in [-0.2, -0.15) is 0 Å². The molecular weight excluding hydrogens is 362 g/mol. The number of piperazine rings is 1. The first-order chi connectivity index (χ1) is 14.3. The Labute approximate surface area is 171 Å². The van der Waals surface area contributed by atoms with E-state index in [2.05, 4.69) is 37.2 Å². The Balaban J connectivity index is 1.26. The van der Waals surface area contributed by atoms with Crippen LogP contribution in [0.15, 0.2) is 73.1 Å². The minimum Gasteiger partial charge on any atom is -0.368 e. The van der Waals surface area contributed by atoms with E-state index in [0.29, 0.717) is 6.42 Å². The molecule has 1 N–H and O–H groups in total. The molecule has 29 heavy (non-hydrogen) atoms. The average molecular weight is 387 g/mol. The summed E-state index contributed by atoms with van der Waals surface area (Å²) in [6.45, 7) is 3.62. The number of nitrogens with one attached hydrogen (secondary N) is 1. The predicted molar refractivity (Wildman–Crippen MR) is 116 cm³/mol. The number of amides is 1. The lowest BCUT2D eigenvalue weighted by molar-refractivity contribution is -0.116. The summed E-state index contributed by atoms with van der Waals surface area (Å²) in [5.74, 6) is 0.832. The van der Waals surface area contributed by atoms with Gasteiger partial charge in [-0.1, -0.05) is 30.3 Å². The fourth-order valence-electron chi connectivity index (χ4n) is 3.50. The summed E-state index contributed by atoms with van der Waals surface area (Å²) in [5.41, 5.74) is 3.18. The van der Waals surface area contributed by atoms with E-state index in [4.69, 9.17) is 0 Å². The molecule has 0 atom stereocenters. The Morgan fingerprint density at radius 3 is 2.17 bits per heavy atom. The lowest BCUT2D eigenvalue weighted by Crippen LogP contribution is -2.47. The first-order valence-electron chi connectivity index (χ1n) is 9.99. The quantitative estimate of drug-likeness (QED) is 0.703. The van der Waals surface area contributed by atoms with Crippen molar-refractivity contribution in [1.82, 2.24) is 9.97 Å². The van der Waals surface area contributed by atoms with E-state index in [0.717, 1.165) is 44.2 Å². The SMILES string of the molecule is O=C(CCc1ccccc1)Nc1ccc(N2CCN(c3ncccn3)CC2)cc1. The zero-order chi connectivity index (χ0) is 19.9. The van der Waals surface area contributed by atoms with Crippen LogP contribution in [-0.2, 0) is 11.2 Å². The highest BCUT2D eigenvalue weighted by Gasteiger charge is 2.19. The lowest BCUT2D eigenvalue weighted by atomic mass is 10.1. The van der Waals surface area contributed by atoms with E-state index in [9.17, 15) is 4.79 Å². The maximum absolute atomic E-state index is 12.2. The van der Waals surface area contributed by atoms with E-state index < -0.39 is 0 Å². The second-order valence-electron chi connectivity index (χ2n) is 7.10. The molecule has 2 heterocycles. The van der Waals surface area contributed by atoms with Crippen molar-refractivity contribution in [1.29, 1.82) is 0 Å². The van der Waals surface area contributed by atoms with Gasteiger partial charge in [0.2, 0.25) is 11.9 Å². The van der Waals surface area contributed by atoms with Gasteiger partial charge in [-0.05, 0) is 42.3 Å². The van der Waals surface area contributed by atoms with Crippen LogP contribution in [0.4, 0.5) is 17.3 Å². The summed E-state index contributed by atoms with van der Waals surface area (Å²) < 4.78 is 0. The molecule has 0 radical (unpaired) electrons. The molecule has 0 spiro atoms. The van der Waals surface area contributed by atoms with Crippen molar-refractivity contribution in [3.8, 4) is 0 Å². The fraction of sp³-hybridized carbons (Fsp3) is 0.261. The molecule has 1 fully saturated rings. The second kappa shape index (κ2) is 9.19. The number of carbonyl (C=O) groups excluding carboxylic acids is 1. The van der Waals surface area contributed by atoms with E-state index in [1.54, 1.807) is 12.4 Å². The molecular formula is C23H25N5O. The number of benzene rings is 2. The topological polar surface area (TPSA) is 61.4 Å². The molecule has 2 aromatic carbocycles. The summed E-state index contributed by atoms with van der Waals surface area (Å²) in [6.07, 6.45) is 4.79. The molecule has 1 amide bonds. The van der Waals surface area contributed by atoms with Gasteiger partial charge in [0.25, 0.3) is 0 Å². The van der Waals surface area contributed by atoms with Gasteiger partial charge in [-0.3, -0.25) is 4.79 Å². The number of aryl methyl sites for hydroxylation is 1. The summed E-state index contributed by atoms with van der Waals surface area (Å²) in [7, 11) is 0. The zero-order valence-electron chi connectivity index (χ0n) is 16.4. The molecule has 0 aliphatic carbocycles. The Morgan fingerprint density at radius 2 is 1.48 bits per heavy atom. The molecule has 1 aliphatic heterocycles. The van der Waals surface area contributed by atoms with Crippen LogP contribution >= 0.6 is 0 Å². The number of carbonyl (C=O) groups is 1. The normalized spacial score (nSPS) is 13.9. The van der Waals surface area contributed by atoms with Crippen LogP contribution in [0.2, 0.25) is 0 Å². The molecule has 1 aromatic heterocycles. The van der Waals surface area contributed by atoms with Crippen molar-refractivity contribution in [2.24, 2.45) is 0 Å². The first kappa shape index (κ1) is 18.9. The van der Waals surface area contributed by atoms with Crippen LogP contribution < -0.4 is 15.1 Å². The number of rotatable bonds is 6. The molecule has 0 saturated carbocycles. The van der Waals surface area contributed by atoms with Gasteiger partial charge in [-0.15, -0.1) is 0 Å². The molecule has 0 bridgehead atoms. The van der Waals surface area contributed by atoms with Crippen LogP contribution in [-0.4, -0.2) is 42.1 Å². The first-order valence-corrected chi connectivity index (χ1v) is 9.99.